The molecule has 0 saturated carbocycles. The molecule has 4 aromatic heterocycles. The molecule has 6 nitrogen and oxygen atoms in total. The number of thiazole rings is 1. The van der Waals surface area contributed by atoms with Gasteiger partial charge in [-0.2, -0.15) is 5.10 Å². The fourth-order valence-corrected chi connectivity index (χ4v) is 3.49. The van der Waals surface area contributed by atoms with Crippen molar-refractivity contribution in [3.8, 4) is 11.1 Å². The van der Waals surface area contributed by atoms with Gasteiger partial charge in [-0.1, -0.05) is 0 Å². The molecule has 0 aliphatic heterocycles. The lowest BCUT2D eigenvalue weighted by atomic mass is 10.0. The maximum atomic E-state index is 12.9. The van der Waals surface area contributed by atoms with E-state index in [1.807, 2.05) is 37.6 Å². The van der Waals surface area contributed by atoms with Gasteiger partial charge >= 0.3 is 0 Å². The third-order valence-corrected chi connectivity index (χ3v) is 4.83. The average Bonchev–Trinajstić information content (AvgIpc) is 3.22. The Kier molecular flexibility index (Phi) is 3.85. The maximum absolute atomic E-state index is 12.9. The zero-order chi connectivity index (χ0) is 17.4. The SMILES string of the molecule is Cc1cncc(-c2cc(C(=O)Cc3nc(C)cs3)c3ncnn3c2)c1. The number of aromatic nitrogens is 5. The molecule has 25 heavy (non-hydrogen) atoms. The first kappa shape index (κ1) is 15.6. The molecule has 0 aliphatic rings. The van der Waals surface area contributed by atoms with Gasteiger partial charge in [-0.3, -0.25) is 9.78 Å². The molecule has 124 valence electrons. The summed E-state index contributed by atoms with van der Waals surface area (Å²) in [6.07, 6.45) is 7.16. The van der Waals surface area contributed by atoms with E-state index in [0.29, 0.717) is 11.2 Å². The number of fused-ring (bicyclic) bond motifs is 1. The van der Waals surface area contributed by atoms with Crippen molar-refractivity contribution < 1.29 is 4.79 Å². The second kappa shape index (κ2) is 6.18. The highest BCUT2D eigenvalue weighted by molar-refractivity contribution is 7.09. The van der Waals surface area contributed by atoms with Crippen LogP contribution in [0.3, 0.4) is 0 Å². The first-order valence-corrected chi connectivity index (χ1v) is 8.68. The second-order valence-electron chi connectivity index (χ2n) is 5.90. The number of aryl methyl sites for hydroxylation is 2. The van der Waals surface area contributed by atoms with E-state index in [1.54, 1.807) is 16.9 Å². The first-order chi connectivity index (χ1) is 12.1. The Morgan fingerprint density at radius 2 is 2.08 bits per heavy atom. The molecule has 0 amide bonds. The van der Waals surface area contributed by atoms with Crippen molar-refractivity contribution in [3.05, 3.63) is 64.3 Å². The van der Waals surface area contributed by atoms with E-state index >= 15 is 0 Å². The maximum Gasteiger partial charge on any atom is 0.173 e. The van der Waals surface area contributed by atoms with E-state index in [0.717, 1.165) is 27.4 Å². The van der Waals surface area contributed by atoms with E-state index < -0.39 is 0 Å². The van der Waals surface area contributed by atoms with E-state index in [4.69, 9.17) is 0 Å². The number of hydrogen-bond donors (Lipinski definition) is 0. The third kappa shape index (κ3) is 3.06. The number of ketones is 1. The van der Waals surface area contributed by atoms with Gasteiger partial charge in [-0.25, -0.2) is 14.5 Å². The van der Waals surface area contributed by atoms with Crippen molar-refractivity contribution in [1.29, 1.82) is 0 Å². The number of Topliss-reactive ketones (excluding diaryl/α,β-unsaturated/α-hetero) is 1. The minimum Gasteiger partial charge on any atom is -0.294 e. The van der Waals surface area contributed by atoms with Crippen LogP contribution in [0.5, 0.6) is 0 Å². The fraction of sp³-hybridized carbons (Fsp3) is 0.167. The van der Waals surface area contributed by atoms with E-state index in [1.165, 1.54) is 17.7 Å². The molecule has 0 N–H and O–H groups in total. The van der Waals surface area contributed by atoms with Gasteiger partial charge in [0.25, 0.3) is 0 Å². The van der Waals surface area contributed by atoms with Crippen LogP contribution in [-0.2, 0) is 6.42 Å². The number of hydrogen-bond acceptors (Lipinski definition) is 6. The van der Waals surface area contributed by atoms with Crippen molar-refractivity contribution >= 4 is 22.8 Å². The van der Waals surface area contributed by atoms with Crippen molar-refractivity contribution in [3.63, 3.8) is 0 Å². The highest BCUT2D eigenvalue weighted by Crippen LogP contribution is 2.24. The van der Waals surface area contributed by atoms with Crippen molar-refractivity contribution in [1.82, 2.24) is 24.6 Å². The van der Waals surface area contributed by atoms with Crippen LogP contribution in [0.15, 0.2) is 42.4 Å². The van der Waals surface area contributed by atoms with Crippen molar-refractivity contribution in [2.75, 3.05) is 0 Å². The number of nitrogens with zero attached hydrogens (tertiary/aromatic N) is 5. The summed E-state index contributed by atoms with van der Waals surface area (Å²) in [4.78, 5) is 25.7. The zero-order valence-corrected chi connectivity index (χ0v) is 14.6. The van der Waals surface area contributed by atoms with Gasteiger partial charge in [-0.05, 0) is 31.5 Å². The van der Waals surface area contributed by atoms with E-state index in [-0.39, 0.29) is 12.2 Å². The lowest BCUT2D eigenvalue weighted by Gasteiger charge is -2.07. The van der Waals surface area contributed by atoms with Gasteiger partial charge in [0.05, 0.1) is 12.0 Å². The van der Waals surface area contributed by atoms with Gasteiger partial charge in [0.2, 0.25) is 0 Å². The molecule has 0 bridgehead atoms. The van der Waals surface area contributed by atoms with Gasteiger partial charge < -0.3 is 0 Å². The monoisotopic (exact) mass is 349 g/mol. The summed E-state index contributed by atoms with van der Waals surface area (Å²) in [5.41, 5.74) is 4.92. The lowest BCUT2D eigenvalue weighted by molar-refractivity contribution is 0.0994. The molecule has 0 fully saturated rings. The number of carbonyl (C=O) groups excluding carboxylic acids is 1. The smallest absolute Gasteiger partial charge is 0.173 e. The predicted octanol–water partition coefficient (Wildman–Crippen LogP) is 3.29. The van der Waals surface area contributed by atoms with Gasteiger partial charge in [-0.15, -0.1) is 11.3 Å². The first-order valence-electron chi connectivity index (χ1n) is 7.80. The van der Waals surface area contributed by atoms with Gasteiger partial charge in [0.1, 0.15) is 11.3 Å². The molecule has 4 rings (SSSR count). The Hall–Kier alpha value is -2.93. The zero-order valence-electron chi connectivity index (χ0n) is 13.8. The molecule has 0 saturated heterocycles. The Balaban J connectivity index is 1.79. The Morgan fingerprint density at radius 1 is 1.20 bits per heavy atom. The standard InChI is InChI=1S/C18H15N5OS/c1-11-3-13(7-19-6-11)14-4-15(18-20-10-21-23(18)8-14)16(24)5-17-22-12(2)9-25-17/h3-4,6-10H,5H2,1-2H3. The molecule has 0 atom stereocenters. The lowest BCUT2D eigenvalue weighted by Crippen LogP contribution is -2.07. The molecule has 0 radical (unpaired) electrons. The fourth-order valence-electron chi connectivity index (χ4n) is 2.72. The summed E-state index contributed by atoms with van der Waals surface area (Å²) in [6, 6.07) is 3.90. The topological polar surface area (TPSA) is 73.0 Å². The molecule has 7 heteroatoms. The normalized spacial score (nSPS) is 11.1. The summed E-state index contributed by atoms with van der Waals surface area (Å²) in [6.45, 7) is 3.91. The summed E-state index contributed by atoms with van der Waals surface area (Å²) in [7, 11) is 0. The van der Waals surface area contributed by atoms with Gasteiger partial charge in [0, 0.05) is 40.8 Å². The van der Waals surface area contributed by atoms with Crippen LogP contribution in [0.4, 0.5) is 0 Å². The second-order valence-corrected chi connectivity index (χ2v) is 6.85. The van der Waals surface area contributed by atoms with E-state index in [9.17, 15) is 4.79 Å². The van der Waals surface area contributed by atoms with Crippen LogP contribution in [-0.4, -0.2) is 30.3 Å². The molecule has 0 unspecified atom stereocenters. The van der Waals surface area contributed by atoms with Crippen molar-refractivity contribution in [2.24, 2.45) is 0 Å². The average molecular weight is 349 g/mol. The minimum absolute atomic E-state index is 0.0187. The molecule has 0 spiro atoms. The third-order valence-electron chi connectivity index (χ3n) is 3.86. The molecular weight excluding hydrogens is 334 g/mol. The number of rotatable bonds is 4. The van der Waals surface area contributed by atoms with Crippen molar-refractivity contribution in [2.45, 2.75) is 20.3 Å². The van der Waals surface area contributed by atoms with Crippen LogP contribution < -0.4 is 0 Å². The quantitative estimate of drug-likeness (QED) is 0.529. The molecule has 0 aliphatic carbocycles. The summed E-state index contributed by atoms with van der Waals surface area (Å²) < 4.78 is 1.64. The predicted molar refractivity (Wildman–Crippen MR) is 95.8 cm³/mol. The highest BCUT2D eigenvalue weighted by atomic mass is 32.1. The minimum atomic E-state index is -0.0187. The number of pyridine rings is 2. The number of carbonyl (C=O) groups is 1. The van der Waals surface area contributed by atoms with Gasteiger partial charge in [0.15, 0.2) is 11.4 Å². The summed E-state index contributed by atoms with van der Waals surface area (Å²) in [5.74, 6) is -0.0187. The van der Waals surface area contributed by atoms with Crippen LogP contribution in [0, 0.1) is 13.8 Å². The van der Waals surface area contributed by atoms with E-state index in [2.05, 4.69) is 20.1 Å². The Labute approximate surface area is 148 Å². The Morgan fingerprint density at radius 3 is 2.84 bits per heavy atom. The van der Waals surface area contributed by atoms with Crippen LogP contribution >= 0.6 is 11.3 Å². The summed E-state index contributed by atoms with van der Waals surface area (Å²) >= 11 is 1.50. The summed E-state index contributed by atoms with van der Waals surface area (Å²) in [5, 5.41) is 6.96. The van der Waals surface area contributed by atoms with Crippen LogP contribution in [0.25, 0.3) is 16.8 Å². The van der Waals surface area contributed by atoms with Crippen LogP contribution in [0.1, 0.15) is 26.6 Å². The van der Waals surface area contributed by atoms with Crippen LogP contribution in [0.2, 0.25) is 0 Å². The largest absolute Gasteiger partial charge is 0.294 e. The molecule has 4 aromatic rings. The molecule has 0 aromatic carbocycles. The molecular formula is C18H15N5OS. The Bertz CT molecular complexity index is 1080. The molecule has 4 heterocycles. The highest BCUT2D eigenvalue weighted by Gasteiger charge is 2.17.